The van der Waals surface area contributed by atoms with Crippen LogP contribution in [0, 0.1) is 23.7 Å². The maximum absolute atomic E-state index is 6.46. The van der Waals surface area contributed by atoms with E-state index in [0.717, 1.165) is 23.7 Å². The van der Waals surface area contributed by atoms with Gasteiger partial charge in [0.25, 0.3) is 0 Å². The van der Waals surface area contributed by atoms with Gasteiger partial charge in [-0.1, -0.05) is 42.5 Å². The molecule has 1 aliphatic heterocycles. The maximum atomic E-state index is 6.46. The van der Waals surface area contributed by atoms with Crippen LogP contribution in [0.1, 0.15) is 70.9 Å². The molecule has 1 heterocycles. The van der Waals surface area contributed by atoms with Crippen LogP contribution in [-0.2, 0) is 14.7 Å². The van der Waals surface area contributed by atoms with Crippen molar-refractivity contribution in [2.75, 3.05) is 0 Å². The van der Waals surface area contributed by atoms with Crippen LogP contribution in [0.5, 0.6) is 0 Å². The monoisotopic (exact) mass is 412 g/mol. The highest BCUT2D eigenvalue weighted by molar-refractivity contribution is 6.62. The summed E-state index contributed by atoms with van der Waals surface area (Å²) in [7, 11) is -0.284. The molecule has 2 nitrogen and oxygen atoms in total. The van der Waals surface area contributed by atoms with Crippen molar-refractivity contribution >= 4 is 12.6 Å². The van der Waals surface area contributed by atoms with Crippen molar-refractivity contribution in [2.45, 2.75) is 76.4 Å². The highest BCUT2D eigenvalue weighted by atomic mass is 16.7. The summed E-state index contributed by atoms with van der Waals surface area (Å²) in [6, 6.07) is 16.4. The largest absolute Gasteiger partial charge is 0.494 e. The summed E-state index contributed by atoms with van der Waals surface area (Å²) in [6.07, 6.45) is 7.16. The Morgan fingerprint density at radius 1 is 0.710 bits per heavy atom. The first kappa shape index (κ1) is 18.9. The normalized spacial score (nSPS) is 38.0. The number of benzene rings is 2. The predicted octanol–water partition coefficient (Wildman–Crippen LogP) is 5.71. The summed E-state index contributed by atoms with van der Waals surface area (Å²) >= 11 is 0. The van der Waals surface area contributed by atoms with Gasteiger partial charge in [0.05, 0.1) is 11.2 Å². The molecule has 1 spiro atoms. The van der Waals surface area contributed by atoms with Crippen molar-refractivity contribution in [2.24, 2.45) is 23.7 Å². The Morgan fingerprint density at radius 3 is 1.94 bits per heavy atom. The second kappa shape index (κ2) is 5.86. The van der Waals surface area contributed by atoms with Gasteiger partial charge < -0.3 is 9.31 Å². The summed E-state index contributed by atoms with van der Waals surface area (Å²) in [4.78, 5) is 0. The van der Waals surface area contributed by atoms with Gasteiger partial charge >= 0.3 is 7.12 Å². The van der Waals surface area contributed by atoms with Gasteiger partial charge in [-0.25, -0.2) is 0 Å². The van der Waals surface area contributed by atoms with Crippen LogP contribution in [0.3, 0.4) is 0 Å². The number of fused-ring (bicyclic) bond motifs is 3. The van der Waals surface area contributed by atoms with Gasteiger partial charge in [-0.15, -0.1) is 0 Å². The van der Waals surface area contributed by atoms with E-state index in [0.29, 0.717) is 0 Å². The first-order chi connectivity index (χ1) is 14.8. The maximum Gasteiger partial charge on any atom is 0.494 e. The molecular weight excluding hydrogens is 379 g/mol. The molecule has 6 aliphatic rings. The van der Waals surface area contributed by atoms with Gasteiger partial charge in [0, 0.05) is 5.41 Å². The molecule has 5 aliphatic carbocycles. The van der Waals surface area contributed by atoms with Crippen molar-refractivity contribution in [3.05, 3.63) is 53.6 Å². The van der Waals surface area contributed by atoms with Crippen LogP contribution in [0.25, 0.3) is 11.1 Å². The Hall–Kier alpha value is -1.58. The fourth-order valence-electron chi connectivity index (χ4n) is 8.30. The van der Waals surface area contributed by atoms with Gasteiger partial charge in [-0.05, 0) is 111 Å². The molecule has 0 unspecified atom stereocenters. The lowest BCUT2D eigenvalue weighted by molar-refractivity contribution is -0.0399. The van der Waals surface area contributed by atoms with E-state index in [4.69, 9.17) is 9.31 Å². The van der Waals surface area contributed by atoms with Crippen LogP contribution < -0.4 is 5.46 Å². The zero-order valence-corrected chi connectivity index (χ0v) is 19.3. The molecule has 0 atom stereocenters. The second-order valence-electron chi connectivity index (χ2n) is 12.1. The average molecular weight is 412 g/mol. The average Bonchev–Trinajstić information content (AvgIpc) is 3.13. The molecule has 5 fully saturated rings. The zero-order valence-electron chi connectivity index (χ0n) is 19.3. The minimum Gasteiger partial charge on any atom is -0.399 e. The Morgan fingerprint density at radius 2 is 1.29 bits per heavy atom. The van der Waals surface area contributed by atoms with Crippen molar-refractivity contribution in [3.63, 3.8) is 0 Å². The fourth-order valence-corrected chi connectivity index (χ4v) is 8.30. The molecule has 0 radical (unpaired) electrons. The Kier molecular flexibility index (Phi) is 3.58. The molecule has 1 saturated heterocycles. The smallest absolute Gasteiger partial charge is 0.399 e. The third-order valence-corrected chi connectivity index (χ3v) is 10.1. The lowest BCUT2D eigenvalue weighted by atomic mass is 9.43. The highest BCUT2D eigenvalue weighted by Gasteiger charge is 2.62. The molecule has 3 heteroatoms. The van der Waals surface area contributed by atoms with Crippen molar-refractivity contribution in [3.8, 4) is 11.1 Å². The van der Waals surface area contributed by atoms with Gasteiger partial charge in [0.15, 0.2) is 0 Å². The quantitative estimate of drug-likeness (QED) is 0.559. The van der Waals surface area contributed by atoms with E-state index in [1.165, 1.54) is 48.7 Å². The van der Waals surface area contributed by atoms with E-state index in [2.05, 4.69) is 70.2 Å². The van der Waals surface area contributed by atoms with Crippen LogP contribution >= 0.6 is 0 Å². The van der Waals surface area contributed by atoms with Gasteiger partial charge in [-0.2, -0.15) is 0 Å². The van der Waals surface area contributed by atoms with E-state index in [9.17, 15) is 0 Å². The topological polar surface area (TPSA) is 18.5 Å². The molecule has 8 rings (SSSR count). The van der Waals surface area contributed by atoms with Crippen molar-refractivity contribution in [1.29, 1.82) is 0 Å². The minimum absolute atomic E-state index is 0.207. The second-order valence-corrected chi connectivity index (χ2v) is 12.1. The third kappa shape index (κ3) is 2.27. The van der Waals surface area contributed by atoms with Crippen molar-refractivity contribution in [1.82, 2.24) is 0 Å². The van der Waals surface area contributed by atoms with Crippen molar-refractivity contribution < 1.29 is 9.31 Å². The number of hydrogen-bond donors (Lipinski definition) is 0. The molecular formula is C28H33BO2. The molecule has 2 aromatic rings. The molecule has 2 aromatic carbocycles. The molecule has 4 bridgehead atoms. The first-order valence-electron chi connectivity index (χ1n) is 12.4. The lowest BCUT2D eigenvalue weighted by Crippen LogP contribution is -2.55. The van der Waals surface area contributed by atoms with Crippen LogP contribution in [0.2, 0.25) is 0 Å². The first-order valence-corrected chi connectivity index (χ1v) is 12.4. The predicted molar refractivity (Wildman–Crippen MR) is 125 cm³/mol. The van der Waals surface area contributed by atoms with E-state index in [1.807, 2.05) is 0 Å². The molecule has 31 heavy (non-hydrogen) atoms. The van der Waals surface area contributed by atoms with Crippen LogP contribution in [-0.4, -0.2) is 18.3 Å². The van der Waals surface area contributed by atoms with E-state index >= 15 is 0 Å². The van der Waals surface area contributed by atoms with E-state index < -0.39 is 0 Å². The van der Waals surface area contributed by atoms with E-state index in [1.54, 1.807) is 11.1 Å². The summed E-state index contributed by atoms with van der Waals surface area (Å²) in [6.45, 7) is 8.59. The summed E-state index contributed by atoms with van der Waals surface area (Å²) in [5.74, 6) is 3.52. The highest BCUT2D eigenvalue weighted by Crippen LogP contribution is 2.69. The Labute approximate surface area is 186 Å². The zero-order chi connectivity index (χ0) is 21.2. The Bertz CT molecular complexity index is 1040. The summed E-state index contributed by atoms with van der Waals surface area (Å²) < 4.78 is 12.9. The molecule has 0 N–H and O–H groups in total. The minimum atomic E-state index is -0.306. The SMILES string of the molecule is CC1(C)OB(c2ccc3c(c2)C2(c4ccccc4-3)C3CC4CC(C3)CC2C4)OC1(C)C. The lowest BCUT2D eigenvalue weighted by Gasteiger charge is -2.61. The third-order valence-electron chi connectivity index (χ3n) is 10.1. The van der Waals surface area contributed by atoms with Crippen LogP contribution in [0.15, 0.2) is 42.5 Å². The summed E-state index contributed by atoms with van der Waals surface area (Å²) in [5.41, 5.74) is 6.92. The molecule has 0 amide bonds. The number of rotatable bonds is 1. The molecule has 160 valence electrons. The molecule has 4 saturated carbocycles. The number of hydrogen-bond acceptors (Lipinski definition) is 2. The summed E-state index contributed by atoms with van der Waals surface area (Å²) in [5, 5.41) is 0. The standard InChI is InChI=1S/C28H33BO2/c1-26(2)27(3,4)31-29(30-26)21-9-10-23-22-7-5-6-8-24(22)28(25(23)16-21)19-12-17-11-18(14-19)15-20(28)13-17/h5-10,16-20H,11-15H2,1-4H3. The Balaban J connectivity index is 1.40. The van der Waals surface area contributed by atoms with Gasteiger partial charge in [0.1, 0.15) is 0 Å². The van der Waals surface area contributed by atoms with E-state index in [-0.39, 0.29) is 23.7 Å². The van der Waals surface area contributed by atoms with Gasteiger partial charge in [0.2, 0.25) is 0 Å². The van der Waals surface area contributed by atoms with Crippen LogP contribution in [0.4, 0.5) is 0 Å². The van der Waals surface area contributed by atoms with Gasteiger partial charge in [-0.3, -0.25) is 0 Å². The molecule has 0 aromatic heterocycles. The fraction of sp³-hybridized carbons (Fsp3) is 0.571.